The van der Waals surface area contributed by atoms with Crippen LogP contribution in [0.15, 0.2) is 24.3 Å². The minimum absolute atomic E-state index is 0.447. The van der Waals surface area contributed by atoms with Gasteiger partial charge in [-0.25, -0.2) is 9.97 Å². The van der Waals surface area contributed by atoms with E-state index in [0.29, 0.717) is 16.9 Å². The largest absolute Gasteiger partial charge is 0.340 e. The maximum Gasteiger partial charge on any atom is 0.138 e. The van der Waals surface area contributed by atoms with Crippen LogP contribution in [0.25, 0.3) is 0 Å². The molecule has 0 bridgehead atoms. The molecule has 19 heavy (non-hydrogen) atoms. The summed E-state index contributed by atoms with van der Waals surface area (Å²) in [6.45, 7) is 8.10. The van der Waals surface area contributed by atoms with Crippen molar-refractivity contribution in [2.75, 3.05) is 5.32 Å². The fraction of sp³-hybridized carbons (Fsp3) is 0.333. The number of aryl methyl sites for hydroxylation is 1. The van der Waals surface area contributed by atoms with Crippen molar-refractivity contribution in [2.24, 2.45) is 0 Å². The molecule has 0 aliphatic rings. The number of nitrogens with one attached hydrogen (secondary N) is 1. The fourth-order valence-corrected chi connectivity index (χ4v) is 2.17. The molecule has 100 valence electrons. The molecular formula is C15H18ClN3. The van der Waals surface area contributed by atoms with Gasteiger partial charge >= 0.3 is 0 Å². The molecule has 1 aromatic heterocycles. The van der Waals surface area contributed by atoms with Crippen molar-refractivity contribution in [3.63, 3.8) is 0 Å². The summed E-state index contributed by atoms with van der Waals surface area (Å²) in [6.07, 6.45) is 0. The van der Waals surface area contributed by atoms with Crippen LogP contribution in [0.3, 0.4) is 0 Å². The molecule has 0 aliphatic carbocycles. The molecule has 0 aliphatic heterocycles. The zero-order chi connectivity index (χ0) is 14.0. The van der Waals surface area contributed by atoms with Crippen molar-refractivity contribution in [1.82, 2.24) is 9.97 Å². The predicted molar refractivity (Wildman–Crippen MR) is 80.3 cm³/mol. The Kier molecular flexibility index (Phi) is 4.05. The minimum atomic E-state index is 0.447. The van der Waals surface area contributed by atoms with E-state index >= 15 is 0 Å². The molecule has 4 heteroatoms. The monoisotopic (exact) mass is 275 g/mol. The first kappa shape index (κ1) is 13.8. The molecular weight excluding hydrogens is 258 g/mol. The number of nitrogens with zero attached hydrogens (tertiary/aromatic N) is 2. The van der Waals surface area contributed by atoms with Crippen LogP contribution in [0.5, 0.6) is 0 Å². The van der Waals surface area contributed by atoms with Gasteiger partial charge in [0.05, 0.1) is 0 Å². The van der Waals surface area contributed by atoms with Gasteiger partial charge < -0.3 is 5.32 Å². The summed E-state index contributed by atoms with van der Waals surface area (Å²) in [4.78, 5) is 8.57. The number of rotatable bonds is 3. The molecule has 1 heterocycles. The molecule has 1 N–H and O–H groups in total. The van der Waals surface area contributed by atoms with Crippen molar-refractivity contribution in [2.45, 2.75) is 33.6 Å². The van der Waals surface area contributed by atoms with Gasteiger partial charge in [0.25, 0.3) is 0 Å². The Morgan fingerprint density at radius 3 is 2.47 bits per heavy atom. The molecule has 0 unspecified atom stereocenters. The lowest BCUT2D eigenvalue weighted by atomic mass is 10.0. The highest BCUT2D eigenvalue weighted by Gasteiger charge is 2.11. The smallest absolute Gasteiger partial charge is 0.138 e. The number of hydrogen-bond acceptors (Lipinski definition) is 3. The van der Waals surface area contributed by atoms with E-state index in [-0.39, 0.29) is 0 Å². The van der Waals surface area contributed by atoms with Gasteiger partial charge in [0.15, 0.2) is 0 Å². The summed E-state index contributed by atoms with van der Waals surface area (Å²) < 4.78 is 0. The highest BCUT2D eigenvalue weighted by Crippen LogP contribution is 2.28. The molecule has 0 radical (unpaired) electrons. The van der Waals surface area contributed by atoms with Crippen molar-refractivity contribution in [3.05, 3.63) is 46.4 Å². The fourth-order valence-electron chi connectivity index (χ4n) is 1.96. The Hall–Kier alpha value is -1.61. The van der Waals surface area contributed by atoms with E-state index in [2.05, 4.69) is 41.3 Å². The highest BCUT2D eigenvalue weighted by molar-refractivity contribution is 6.30. The van der Waals surface area contributed by atoms with Crippen LogP contribution in [0.1, 0.15) is 36.7 Å². The lowest BCUT2D eigenvalue weighted by Gasteiger charge is -2.15. The molecule has 2 aromatic rings. The Labute approximate surface area is 119 Å². The van der Waals surface area contributed by atoms with Crippen molar-refractivity contribution in [1.29, 1.82) is 0 Å². The molecule has 0 saturated heterocycles. The summed E-state index contributed by atoms with van der Waals surface area (Å²) in [7, 11) is 0. The number of anilines is 2. The number of para-hydroxylation sites is 1. The molecule has 3 nitrogen and oxygen atoms in total. The van der Waals surface area contributed by atoms with Crippen LogP contribution >= 0.6 is 11.6 Å². The third-order valence-corrected chi connectivity index (χ3v) is 3.40. The van der Waals surface area contributed by atoms with E-state index in [4.69, 9.17) is 11.6 Å². The third kappa shape index (κ3) is 3.04. The summed E-state index contributed by atoms with van der Waals surface area (Å²) in [6, 6.07) is 8.24. The highest BCUT2D eigenvalue weighted by atomic mass is 35.5. The standard InChI is InChI=1S/C15H18ClN3/c1-9(2)12-7-5-6-8-13(12)19-15-10(3)14(16)17-11(4)18-15/h5-9H,1-4H3,(H,17,18,19). The topological polar surface area (TPSA) is 37.8 Å². The normalized spacial score (nSPS) is 10.8. The maximum absolute atomic E-state index is 6.10. The molecule has 0 saturated carbocycles. The van der Waals surface area contributed by atoms with E-state index in [9.17, 15) is 0 Å². The number of aromatic nitrogens is 2. The van der Waals surface area contributed by atoms with Gasteiger partial charge in [-0.2, -0.15) is 0 Å². The molecule has 1 aromatic carbocycles. The first-order valence-corrected chi connectivity index (χ1v) is 6.73. The lowest BCUT2D eigenvalue weighted by Crippen LogP contribution is -2.03. The maximum atomic E-state index is 6.10. The van der Waals surface area contributed by atoms with Crippen LogP contribution in [0, 0.1) is 13.8 Å². The Balaban J connectivity index is 2.42. The Morgan fingerprint density at radius 2 is 1.79 bits per heavy atom. The molecule has 0 atom stereocenters. The van der Waals surface area contributed by atoms with Crippen LogP contribution in [0.2, 0.25) is 5.15 Å². The predicted octanol–water partition coefficient (Wildman–Crippen LogP) is 4.61. The van der Waals surface area contributed by atoms with E-state index in [1.165, 1.54) is 5.56 Å². The average molecular weight is 276 g/mol. The van der Waals surface area contributed by atoms with Crippen LogP contribution in [0.4, 0.5) is 11.5 Å². The van der Waals surface area contributed by atoms with E-state index in [1.807, 2.05) is 26.0 Å². The summed E-state index contributed by atoms with van der Waals surface area (Å²) in [5.74, 6) is 1.88. The third-order valence-electron chi connectivity index (χ3n) is 3.03. The number of benzene rings is 1. The van der Waals surface area contributed by atoms with Crippen molar-refractivity contribution >= 4 is 23.1 Å². The first-order chi connectivity index (χ1) is 8.99. The van der Waals surface area contributed by atoms with Gasteiger partial charge in [-0.05, 0) is 31.4 Å². The second-order valence-corrected chi connectivity index (χ2v) is 5.26. The van der Waals surface area contributed by atoms with Gasteiger partial charge in [0, 0.05) is 11.3 Å². The van der Waals surface area contributed by atoms with Crippen molar-refractivity contribution < 1.29 is 0 Å². The van der Waals surface area contributed by atoms with Gasteiger partial charge in [0.1, 0.15) is 16.8 Å². The van der Waals surface area contributed by atoms with E-state index in [0.717, 1.165) is 17.1 Å². The molecule has 0 fully saturated rings. The van der Waals surface area contributed by atoms with Crippen LogP contribution < -0.4 is 5.32 Å². The van der Waals surface area contributed by atoms with E-state index in [1.54, 1.807) is 0 Å². The number of hydrogen-bond donors (Lipinski definition) is 1. The quantitative estimate of drug-likeness (QED) is 0.831. The van der Waals surface area contributed by atoms with Gasteiger partial charge in [-0.15, -0.1) is 0 Å². The summed E-state index contributed by atoms with van der Waals surface area (Å²) in [5, 5.41) is 3.87. The number of halogens is 1. The van der Waals surface area contributed by atoms with Crippen LogP contribution in [-0.2, 0) is 0 Å². The summed E-state index contributed by atoms with van der Waals surface area (Å²) >= 11 is 6.10. The zero-order valence-corrected chi connectivity index (χ0v) is 12.4. The zero-order valence-electron chi connectivity index (χ0n) is 11.7. The van der Waals surface area contributed by atoms with Gasteiger partial charge in [0.2, 0.25) is 0 Å². The van der Waals surface area contributed by atoms with Crippen LogP contribution in [-0.4, -0.2) is 9.97 Å². The summed E-state index contributed by atoms with van der Waals surface area (Å²) in [5.41, 5.74) is 3.19. The lowest BCUT2D eigenvalue weighted by molar-refractivity contribution is 0.868. The second kappa shape index (κ2) is 5.57. The van der Waals surface area contributed by atoms with Crippen molar-refractivity contribution in [3.8, 4) is 0 Å². The van der Waals surface area contributed by atoms with Gasteiger partial charge in [-0.3, -0.25) is 0 Å². The molecule has 0 spiro atoms. The van der Waals surface area contributed by atoms with Gasteiger partial charge in [-0.1, -0.05) is 43.6 Å². The Morgan fingerprint density at radius 1 is 1.11 bits per heavy atom. The average Bonchev–Trinajstić information content (AvgIpc) is 2.35. The Bertz CT molecular complexity index is 594. The first-order valence-electron chi connectivity index (χ1n) is 6.35. The SMILES string of the molecule is Cc1nc(Cl)c(C)c(Nc2ccccc2C(C)C)n1. The van der Waals surface area contributed by atoms with E-state index < -0.39 is 0 Å². The second-order valence-electron chi connectivity index (χ2n) is 4.90. The minimum Gasteiger partial charge on any atom is -0.340 e. The molecule has 2 rings (SSSR count). The molecule has 0 amide bonds.